The summed E-state index contributed by atoms with van der Waals surface area (Å²) in [6.45, 7) is 2.68. The Morgan fingerprint density at radius 1 is 1.58 bits per heavy atom. The second-order valence-corrected chi connectivity index (χ2v) is 3.07. The van der Waals surface area contributed by atoms with Crippen LogP contribution in [0.3, 0.4) is 0 Å². The molecule has 1 saturated heterocycles. The van der Waals surface area contributed by atoms with Crippen molar-refractivity contribution in [3.8, 4) is 0 Å². The number of anilines is 1. The van der Waals surface area contributed by atoms with Gasteiger partial charge in [-0.05, 0) is 18.5 Å². The summed E-state index contributed by atoms with van der Waals surface area (Å²) in [6, 6.07) is 0. The van der Waals surface area contributed by atoms with E-state index in [2.05, 4.69) is 10.1 Å². The van der Waals surface area contributed by atoms with Crippen molar-refractivity contribution in [2.75, 3.05) is 12.3 Å². The fourth-order valence-electron chi connectivity index (χ4n) is 1.40. The minimum Gasteiger partial charge on any atom is -0.378 e. The molecule has 1 aromatic heterocycles. The van der Waals surface area contributed by atoms with E-state index in [1.165, 1.54) is 0 Å². The minimum absolute atomic E-state index is 0.199. The number of rotatable bonds is 1. The van der Waals surface area contributed by atoms with Crippen molar-refractivity contribution in [1.29, 1.82) is 0 Å². The molecule has 12 heavy (non-hydrogen) atoms. The summed E-state index contributed by atoms with van der Waals surface area (Å²) in [4.78, 5) is 3.95. The lowest BCUT2D eigenvalue weighted by Gasteiger charge is -1.97. The molecule has 1 fully saturated rings. The van der Waals surface area contributed by atoms with Crippen LogP contribution in [0.1, 0.15) is 25.2 Å². The summed E-state index contributed by atoms with van der Waals surface area (Å²) in [5.74, 6) is 1.02. The Bertz CT molecular complexity index is 273. The molecule has 1 aliphatic heterocycles. The zero-order valence-electron chi connectivity index (χ0n) is 6.86. The number of ether oxygens (including phenoxy) is 1. The van der Waals surface area contributed by atoms with Crippen LogP contribution in [0.5, 0.6) is 0 Å². The van der Waals surface area contributed by atoms with Crippen molar-refractivity contribution in [3.63, 3.8) is 0 Å². The molecule has 5 nitrogen and oxygen atoms in total. The fraction of sp³-hybridized carbons (Fsp3) is 0.714. The Morgan fingerprint density at radius 2 is 2.42 bits per heavy atom. The van der Waals surface area contributed by atoms with Crippen LogP contribution in [0.2, 0.25) is 0 Å². The first kappa shape index (κ1) is 7.54. The van der Waals surface area contributed by atoms with Gasteiger partial charge in [-0.15, -0.1) is 0 Å². The van der Waals surface area contributed by atoms with Crippen LogP contribution >= 0.6 is 0 Å². The van der Waals surface area contributed by atoms with E-state index in [0.29, 0.717) is 12.5 Å². The maximum Gasteiger partial charge on any atom is 0.260 e. The zero-order valence-corrected chi connectivity index (χ0v) is 6.86. The summed E-state index contributed by atoms with van der Waals surface area (Å²) in [5.41, 5.74) is 5.32. The van der Waals surface area contributed by atoms with Crippen molar-refractivity contribution in [3.05, 3.63) is 5.89 Å². The van der Waals surface area contributed by atoms with E-state index < -0.39 is 0 Å². The van der Waals surface area contributed by atoms with Gasteiger partial charge in [0.1, 0.15) is 0 Å². The van der Waals surface area contributed by atoms with Gasteiger partial charge in [-0.1, -0.05) is 0 Å². The maximum absolute atomic E-state index is 5.36. The highest BCUT2D eigenvalue weighted by molar-refractivity contribution is 5.12. The van der Waals surface area contributed by atoms with Gasteiger partial charge in [0.2, 0.25) is 5.89 Å². The van der Waals surface area contributed by atoms with Gasteiger partial charge in [0.15, 0.2) is 0 Å². The lowest BCUT2D eigenvalue weighted by molar-refractivity contribution is 0.122. The first-order valence-electron chi connectivity index (χ1n) is 3.96. The smallest absolute Gasteiger partial charge is 0.260 e. The van der Waals surface area contributed by atoms with Crippen LogP contribution in [0.4, 0.5) is 5.95 Å². The molecular weight excluding hydrogens is 158 g/mol. The highest BCUT2D eigenvalue weighted by atomic mass is 16.5. The predicted octanol–water partition coefficient (Wildman–Crippen LogP) is 0.544. The van der Waals surface area contributed by atoms with Crippen molar-refractivity contribution >= 4 is 5.95 Å². The average Bonchev–Trinajstić information content (AvgIpc) is 2.58. The average molecular weight is 169 g/mol. The molecule has 1 aliphatic rings. The van der Waals surface area contributed by atoms with E-state index >= 15 is 0 Å². The molecule has 0 radical (unpaired) electrons. The molecule has 0 spiro atoms. The second kappa shape index (κ2) is 2.75. The Morgan fingerprint density at radius 3 is 2.92 bits per heavy atom. The fourth-order valence-corrected chi connectivity index (χ4v) is 1.40. The van der Waals surface area contributed by atoms with Crippen LogP contribution in [-0.4, -0.2) is 22.9 Å². The molecule has 0 saturated carbocycles. The summed E-state index contributed by atoms with van der Waals surface area (Å²) in [7, 11) is 0. The second-order valence-electron chi connectivity index (χ2n) is 3.07. The Kier molecular flexibility index (Phi) is 1.73. The summed E-state index contributed by atoms with van der Waals surface area (Å²) >= 11 is 0. The molecule has 0 amide bonds. The van der Waals surface area contributed by atoms with Gasteiger partial charge < -0.3 is 15.0 Å². The lowest BCUT2D eigenvalue weighted by atomic mass is 10.1. The van der Waals surface area contributed by atoms with Crippen molar-refractivity contribution < 1.29 is 9.26 Å². The number of hydrogen-bond donors (Lipinski definition) is 1. The van der Waals surface area contributed by atoms with E-state index in [4.69, 9.17) is 15.0 Å². The SMILES string of the molecule is CC1CC(c2nc(N)no2)CO1. The molecular formula is C7H11N3O2. The molecule has 66 valence electrons. The number of aromatic nitrogens is 2. The van der Waals surface area contributed by atoms with Crippen molar-refractivity contribution in [1.82, 2.24) is 10.1 Å². The summed E-state index contributed by atoms with van der Waals surface area (Å²) in [6.07, 6.45) is 1.21. The monoisotopic (exact) mass is 169 g/mol. The van der Waals surface area contributed by atoms with Crippen LogP contribution in [-0.2, 0) is 4.74 Å². The molecule has 0 aliphatic carbocycles. The Labute approximate surface area is 69.9 Å². The largest absolute Gasteiger partial charge is 0.378 e. The highest BCUT2D eigenvalue weighted by Crippen LogP contribution is 2.27. The normalized spacial score (nSPS) is 29.4. The van der Waals surface area contributed by atoms with Crippen molar-refractivity contribution in [2.45, 2.75) is 25.4 Å². The third-order valence-electron chi connectivity index (χ3n) is 2.01. The lowest BCUT2D eigenvalue weighted by Crippen LogP contribution is -1.98. The van der Waals surface area contributed by atoms with E-state index in [-0.39, 0.29) is 18.0 Å². The molecule has 5 heteroatoms. The summed E-state index contributed by atoms with van der Waals surface area (Å²) in [5, 5.41) is 3.52. The van der Waals surface area contributed by atoms with E-state index in [9.17, 15) is 0 Å². The zero-order chi connectivity index (χ0) is 8.55. The minimum atomic E-state index is 0.199. The van der Waals surface area contributed by atoms with Gasteiger partial charge >= 0.3 is 0 Å². The van der Waals surface area contributed by atoms with Gasteiger partial charge in [-0.2, -0.15) is 4.98 Å². The van der Waals surface area contributed by atoms with Crippen LogP contribution in [0, 0.1) is 0 Å². The predicted molar refractivity (Wildman–Crippen MR) is 41.5 cm³/mol. The van der Waals surface area contributed by atoms with Gasteiger partial charge in [0, 0.05) is 0 Å². The maximum atomic E-state index is 5.36. The third-order valence-corrected chi connectivity index (χ3v) is 2.01. The molecule has 2 unspecified atom stereocenters. The van der Waals surface area contributed by atoms with E-state index in [0.717, 1.165) is 6.42 Å². The Balaban J connectivity index is 2.11. The van der Waals surface area contributed by atoms with Crippen LogP contribution in [0.25, 0.3) is 0 Å². The number of nitrogens with zero attached hydrogens (tertiary/aromatic N) is 2. The Hall–Kier alpha value is -1.10. The van der Waals surface area contributed by atoms with Gasteiger partial charge in [0.25, 0.3) is 5.95 Å². The molecule has 2 atom stereocenters. The first-order valence-corrected chi connectivity index (χ1v) is 3.96. The molecule has 0 aromatic carbocycles. The van der Waals surface area contributed by atoms with Gasteiger partial charge in [-0.25, -0.2) is 0 Å². The third kappa shape index (κ3) is 1.27. The number of nitrogens with two attached hydrogens (primary N) is 1. The van der Waals surface area contributed by atoms with Crippen molar-refractivity contribution in [2.24, 2.45) is 0 Å². The van der Waals surface area contributed by atoms with Crippen LogP contribution in [0.15, 0.2) is 4.52 Å². The quantitative estimate of drug-likeness (QED) is 0.664. The van der Waals surface area contributed by atoms with Crippen LogP contribution < -0.4 is 5.73 Å². The standard InChI is InChI=1S/C7H11N3O2/c1-4-2-5(3-11-4)6-9-7(8)10-12-6/h4-5H,2-3H2,1H3,(H2,8,10). The first-order chi connectivity index (χ1) is 5.75. The van der Waals surface area contributed by atoms with E-state index in [1.807, 2.05) is 6.92 Å². The molecule has 0 bridgehead atoms. The van der Waals surface area contributed by atoms with Gasteiger partial charge in [0.05, 0.1) is 18.6 Å². The molecule has 2 N–H and O–H groups in total. The van der Waals surface area contributed by atoms with Gasteiger partial charge in [-0.3, -0.25) is 0 Å². The topological polar surface area (TPSA) is 74.2 Å². The molecule has 1 aromatic rings. The molecule has 2 rings (SSSR count). The highest BCUT2D eigenvalue weighted by Gasteiger charge is 2.27. The summed E-state index contributed by atoms with van der Waals surface area (Å²) < 4.78 is 10.3. The number of hydrogen-bond acceptors (Lipinski definition) is 5. The molecule has 2 heterocycles. The number of nitrogen functional groups attached to an aromatic ring is 1. The van der Waals surface area contributed by atoms with E-state index in [1.54, 1.807) is 0 Å².